The molecule has 1 unspecified atom stereocenters. The maximum atomic E-state index is 12.5. The lowest BCUT2D eigenvalue weighted by molar-refractivity contribution is -0.122. The largest absolute Gasteiger partial charge is 0.488 e. The van der Waals surface area contributed by atoms with Gasteiger partial charge in [0.2, 0.25) is 5.91 Å². The van der Waals surface area contributed by atoms with Crippen molar-refractivity contribution in [3.63, 3.8) is 0 Å². The maximum absolute atomic E-state index is 12.5. The minimum absolute atomic E-state index is 0.145. The number of primary amides is 1. The van der Waals surface area contributed by atoms with Crippen LogP contribution in [0.4, 0.5) is 0 Å². The van der Waals surface area contributed by atoms with Gasteiger partial charge in [0.15, 0.2) is 0 Å². The van der Waals surface area contributed by atoms with Crippen molar-refractivity contribution in [2.45, 2.75) is 31.9 Å². The maximum Gasteiger partial charge on any atom is 0.252 e. The highest BCUT2D eigenvalue weighted by Gasteiger charge is 2.23. The Balaban J connectivity index is 1.66. The Bertz CT molecular complexity index is 881. The van der Waals surface area contributed by atoms with Gasteiger partial charge in [0.1, 0.15) is 18.4 Å². The van der Waals surface area contributed by atoms with Crippen molar-refractivity contribution in [2.24, 2.45) is 5.73 Å². The van der Waals surface area contributed by atoms with Crippen molar-refractivity contribution in [3.05, 3.63) is 65.2 Å². The zero-order chi connectivity index (χ0) is 19.9. The van der Waals surface area contributed by atoms with E-state index in [0.717, 1.165) is 18.4 Å². The Hall–Kier alpha value is -3.35. The fourth-order valence-corrected chi connectivity index (χ4v) is 3.08. The standard InChI is InChI=1S/C21H23N3O4/c22-19(25)16-8-1-2-10-18(16)28-13-14-6-5-7-15(12-14)20(26)24-17-9-3-4-11-23-21(17)27/h1-2,5-8,10,12,17H,3-4,9,11,13H2,(H2,22,25)(H,23,27)(H,24,26). The second kappa shape index (κ2) is 9.03. The molecule has 2 aromatic rings. The highest BCUT2D eigenvalue weighted by atomic mass is 16.5. The van der Waals surface area contributed by atoms with E-state index in [1.165, 1.54) is 0 Å². The molecule has 3 amide bonds. The summed E-state index contributed by atoms with van der Waals surface area (Å²) in [7, 11) is 0. The molecule has 0 radical (unpaired) electrons. The van der Waals surface area contributed by atoms with Gasteiger partial charge in [0.05, 0.1) is 5.56 Å². The molecule has 1 saturated heterocycles. The van der Waals surface area contributed by atoms with Gasteiger partial charge in [0.25, 0.3) is 11.8 Å². The first-order chi connectivity index (χ1) is 13.5. The summed E-state index contributed by atoms with van der Waals surface area (Å²) in [4.78, 5) is 36.0. The van der Waals surface area contributed by atoms with Crippen molar-refractivity contribution in [2.75, 3.05) is 6.54 Å². The predicted molar refractivity (Wildman–Crippen MR) is 104 cm³/mol. The minimum atomic E-state index is -0.564. The van der Waals surface area contributed by atoms with E-state index >= 15 is 0 Å². The van der Waals surface area contributed by atoms with E-state index < -0.39 is 11.9 Å². The van der Waals surface area contributed by atoms with Crippen molar-refractivity contribution in [1.82, 2.24) is 10.6 Å². The number of hydrogen-bond donors (Lipinski definition) is 3. The molecule has 1 atom stereocenters. The van der Waals surface area contributed by atoms with E-state index in [1.807, 2.05) is 6.07 Å². The molecule has 28 heavy (non-hydrogen) atoms. The molecule has 4 N–H and O–H groups in total. The van der Waals surface area contributed by atoms with E-state index in [9.17, 15) is 14.4 Å². The van der Waals surface area contributed by atoms with Crippen LogP contribution in [0.1, 0.15) is 45.5 Å². The van der Waals surface area contributed by atoms with Gasteiger partial charge in [-0.25, -0.2) is 0 Å². The van der Waals surface area contributed by atoms with E-state index in [2.05, 4.69) is 10.6 Å². The first kappa shape index (κ1) is 19.4. The summed E-state index contributed by atoms with van der Waals surface area (Å²) < 4.78 is 5.71. The number of rotatable bonds is 6. The third kappa shape index (κ3) is 4.88. The molecular weight excluding hydrogens is 358 g/mol. The van der Waals surface area contributed by atoms with Crippen LogP contribution in [-0.4, -0.2) is 30.3 Å². The Morgan fingerprint density at radius 2 is 1.96 bits per heavy atom. The van der Waals surface area contributed by atoms with Gasteiger partial charge in [-0.1, -0.05) is 24.3 Å². The highest BCUT2D eigenvalue weighted by Crippen LogP contribution is 2.19. The summed E-state index contributed by atoms with van der Waals surface area (Å²) in [6.45, 7) is 0.820. The normalized spacial score (nSPS) is 16.6. The molecule has 0 bridgehead atoms. The van der Waals surface area contributed by atoms with Crippen LogP contribution in [0.25, 0.3) is 0 Å². The van der Waals surface area contributed by atoms with E-state index in [0.29, 0.717) is 29.8 Å². The average Bonchev–Trinajstić information content (AvgIpc) is 2.91. The molecule has 3 rings (SSSR count). The quantitative estimate of drug-likeness (QED) is 0.708. The molecule has 1 aliphatic heterocycles. The number of benzene rings is 2. The van der Waals surface area contributed by atoms with Crippen molar-refractivity contribution < 1.29 is 19.1 Å². The fraction of sp³-hybridized carbons (Fsp3) is 0.286. The monoisotopic (exact) mass is 381 g/mol. The number of hydrogen-bond acceptors (Lipinski definition) is 4. The van der Waals surface area contributed by atoms with E-state index in [1.54, 1.807) is 42.5 Å². The minimum Gasteiger partial charge on any atom is -0.488 e. The molecule has 0 aromatic heterocycles. The van der Waals surface area contributed by atoms with Crippen LogP contribution < -0.4 is 21.1 Å². The Labute approximate surface area is 163 Å². The summed E-state index contributed by atoms with van der Waals surface area (Å²) in [5, 5.41) is 5.60. The average molecular weight is 381 g/mol. The highest BCUT2D eigenvalue weighted by molar-refractivity contribution is 5.97. The van der Waals surface area contributed by atoms with Gasteiger partial charge < -0.3 is 21.1 Å². The third-order valence-electron chi connectivity index (χ3n) is 4.58. The van der Waals surface area contributed by atoms with Crippen LogP contribution in [0.3, 0.4) is 0 Å². The molecule has 1 heterocycles. The van der Waals surface area contributed by atoms with Crippen LogP contribution >= 0.6 is 0 Å². The summed E-state index contributed by atoms with van der Waals surface area (Å²) in [5.41, 5.74) is 6.86. The molecule has 1 fully saturated rings. The van der Waals surface area contributed by atoms with Crippen LogP contribution in [0.5, 0.6) is 5.75 Å². The van der Waals surface area contributed by atoms with Crippen LogP contribution in [0.2, 0.25) is 0 Å². The zero-order valence-corrected chi connectivity index (χ0v) is 15.4. The fourth-order valence-electron chi connectivity index (χ4n) is 3.08. The second-order valence-electron chi connectivity index (χ2n) is 6.66. The molecule has 7 heteroatoms. The molecule has 1 aliphatic rings. The lowest BCUT2D eigenvalue weighted by Gasteiger charge is -2.15. The number of nitrogens with two attached hydrogens (primary N) is 1. The lowest BCUT2D eigenvalue weighted by Crippen LogP contribution is -2.45. The first-order valence-electron chi connectivity index (χ1n) is 9.24. The van der Waals surface area contributed by atoms with Gasteiger partial charge >= 0.3 is 0 Å². The van der Waals surface area contributed by atoms with Crippen molar-refractivity contribution >= 4 is 17.7 Å². The second-order valence-corrected chi connectivity index (χ2v) is 6.66. The number of carbonyl (C=O) groups is 3. The lowest BCUT2D eigenvalue weighted by atomic mass is 10.1. The van der Waals surface area contributed by atoms with E-state index in [4.69, 9.17) is 10.5 Å². The Morgan fingerprint density at radius 1 is 1.14 bits per heavy atom. The number of para-hydroxylation sites is 1. The summed E-state index contributed by atoms with van der Waals surface area (Å²) >= 11 is 0. The molecule has 7 nitrogen and oxygen atoms in total. The first-order valence-corrected chi connectivity index (χ1v) is 9.24. The summed E-state index contributed by atoms with van der Waals surface area (Å²) in [6.07, 6.45) is 2.43. The van der Waals surface area contributed by atoms with Gasteiger partial charge in [-0.15, -0.1) is 0 Å². The van der Waals surface area contributed by atoms with Crippen LogP contribution in [0, 0.1) is 0 Å². The Morgan fingerprint density at radius 3 is 2.79 bits per heavy atom. The molecule has 0 saturated carbocycles. The van der Waals surface area contributed by atoms with Gasteiger partial charge in [-0.05, 0) is 49.1 Å². The zero-order valence-electron chi connectivity index (χ0n) is 15.4. The van der Waals surface area contributed by atoms with Crippen LogP contribution in [-0.2, 0) is 11.4 Å². The summed E-state index contributed by atoms with van der Waals surface area (Å²) in [6, 6.07) is 13.2. The van der Waals surface area contributed by atoms with Gasteiger partial charge in [0, 0.05) is 12.1 Å². The van der Waals surface area contributed by atoms with Crippen molar-refractivity contribution in [3.8, 4) is 5.75 Å². The smallest absolute Gasteiger partial charge is 0.252 e. The SMILES string of the molecule is NC(=O)c1ccccc1OCc1cccc(C(=O)NC2CCCCNC2=O)c1. The number of ether oxygens (including phenoxy) is 1. The van der Waals surface area contributed by atoms with Gasteiger partial charge in [-0.3, -0.25) is 14.4 Å². The van der Waals surface area contributed by atoms with Crippen LogP contribution in [0.15, 0.2) is 48.5 Å². The third-order valence-corrected chi connectivity index (χ3v) is 4.58. The topological polar surface area (TPSA) is 111 Å². The van der Waals surface area contributed by atoms with Crippen molar-refractivity contribution in [1.29, 1.82) is 0 Å². The molecular formula is C21H23N3O4. The van der Waals surface area contributed by atoms with E-state index in [-0.39, 0.29) is 18.4 Å². The molecule has 0 spiro atoms. The van der Waals surface area contributed by atoms with Gasteiger partial charge in [-0.2, -0.15) is 0 Å². The Kier molecular flexibility index (Phi) is 6.26. The number of amides is 3. The molecule has 146 valence electrons. The molecule has 0 aliphatic carbocycles. The molecule has 2 aromatic carbocycles. The number of nitrogens with one attached hydrogen (secondary N) is 2. The summed E-state index contributed by atoms with van der Waals surface area (Å²) in [5.74, 6) is -0.625. The predicted octanol–water partition coefficient (Wildman–Crippen LogP) is 1.76. The number of carbonyl (C=O) groups excluding carboxylic acids is 3.